The summed E-state index contributed by atoms with van der Waals surface area (Å²) >= 11 is 0. The summed E-state index contributed by atoms with van der Waals surface area (Å²) in [6.07, 6.45) is 2.26. The van der Waals surface area contributed by atoms with Crippen molar-refractivity contribution < 1.29 is 14.1 Å². The van der Waals surface area contributed by atoms with E-state index >= 15 is 0 Å². The van der Waals surface area contributed by atoms with Crippen molar-refractivity contribution in [1.82, 2.24) is 10.1 Å². The quantitative estimate of drug-likeness (QED) is 0.788. The molecule has 144 valence electrons. The van der Waals surface area contributed by atoms with Gasteiger partial charge in [0.1, 0.15) is 5.76 Å². The highest BCUT2D eigenvalue weighted by Crippen LogP contribution is 2.24. The van der Waals surface area contributed by atoms with E-state index in [0.717, 1.165) is 37.1 Å². The van der Waals surface area contributed by atoms with Crippen LogP contribution in [0.2, 0.25) is 0 Å². The highest BCUT2D eigenvalue weighted by atomic mass is 16.5. The Morgan fingerprint density at radius 3 is 2.44 bits per heavy atom. The molecule has 27 heavy (non-hydrogen) atoms. The van der Waals surface area contributed by atoms with Gasteiger partial charge in [-0.1, -0.05) is 41.9 Å². The minimum Gasteiger partial charge on any atom is -0.360 e. The van der Waals surface area contributed by atoms with E-state index in [1.54, 1.807) is 13.0 Å². The Balaban J connectivity index is 1.57. The molecule has 1 saturated heterocycles. The van der Waals surface area contributed by atoms with Crippen LogP contribution < -0.4 is 5.32 Å². The molecule has 1 fully saturated rings. The Hall–Kier alpha value is -2.47. The van der Waals surface area contributed by atoms with Gasteiger partial charge in [0.15, 0.2) is 11.6 Å². The monoisotopic (exact) mass is 369 g/mol. The number of hydrogen-bond donors (Lipinski definition) is 1. The first-order valence-electron chi connectivity index (χ1n) is 9.57. The van der Waals surface area contributed by atoms with Crippen LogP contribution >= 0.6 is 0 Å². The van der Waals surface area contributed by atoms with Crippen molar-refractivity contribution in [1.29, 1.82) is 0 Å². The Morgan fingerprint density at radius 1 is 1.22 bits per heavy atom. The van der Waals surface area contributed by atoms with Gasteiger partial charge in [0.05, 0.1) is 6.04 Å². The molecule has 2 aromatic rings. The number of hydrogen-bond acceptors (Lipinski definition) is 5. The summed E-state index contributed by atoms with van der Waals surface area (Å²) in [4.78, 5) is 27.5. The zero-order chi connectivity index (χ0) is 19.4. The summed E-state index contributed by atoms with van der Waals surface area (Å²) in [7, 11) is 0. The molecule has 0 unspecified atom stereocenters. The van der Waals surface area contributed by atoms with Crippen molar-refractivity contribution in [3.05, 3.63) is 47.2 Å². The fourth-order valence-corrected chi connectivity index (χ4v) is 3.67. The molecule has 3 rings (SSSR count). The van der Waals surface area contributed by atoms with Gasteiger partial charge >= 0.3 is 0 Å². The van der Waals surface area contributed by atoms with Crippen LogP contribution in [0.5, 0.6) is 0 Å². The van der Waals surface area contributed by atoms with Crippen molar-refractivity contribution in [3.8, 4) is 0 Å². The Morgan fingerprint density at radius 2 is 1.89 bits per heavy atom. The van der Waals surface area contributed by atoms with Crippen LogP contribution in [0.4, 0.5) is 5.82 Å². The topological polar surface area (TPSA) is 75.4 Å². The molecular weight excluding hydrogens is 342 g/mol. The number of aryl methyl sites for hydroxylation is 2. The number of ketones is 1. The maximum absolute atomic E-state index is 12.7. The lowest BCUT2D eigenvalue weighted by atomic mass is 9.88. The lowest BCUT2D eigenvalue weighted by molar-refractivity contribution is -0.122. The number of carbonyl (C=O) groups excluding carboxylic acids is 2. The molecule has 1 N–H and O–H groups in total. The number of piperidine rings is 1. The van der Waals surface area contributed by atoms with E-state index in [1.165, 1.54) is 0 Å². The molecule has 2 heterocycles. The second kappa shape index (κ2) is 8.48. The lowest BCUT2D eigenvalue weighted by Crippen LogP contribution is -2.48. The van der Waals surface area contributed by atoms with E-state index < -0.39 is 0 Å². The molecule has 6 heteroatoms. The van der Waals surface area contributed by atoms with E-state index in [1.807, 2.05) is 38.1 Å². The van der Waals surface area contributed by atoms with Gasteiger partial charge < -0.3 is 9.84 Å². The van der Waals surface area contributed by atoms with Crippen LogP contribution in [-0.4, -0.2) is 40.9 Å². The second-order valence-corrected chi connectivity index (χ2v) is 7.28. The number of aromatic nitrogens is 1. The number of benzene rings is 1. The molecule has 1 aliphatic rings. The van der Waals surface area contributed by atoms with Crippen LogP contribution in [0.25, 0.3) is 0 Å². The molecular formula is C21H27N3O3. The molecule has 1 aromatic carbocycles. The van der Waals surface area contributed by atoms with Gasteiger partial charge in [-0.15, -0.1) is 0 Å². The first-order chi connectivity index (χ1) is 13.0. The fraction of sp³-hybridized carbons (Fsp3) is 0.476. The summed E-state index contributed by atoms with van der Waals surface area (Å²) in [5.41, 5.74) is 1.94. The highest BCUT2D eigenvalue weighted by Gasteiger charge is 2.31. The van der Waals surface area contributed by atoms with Crippen molar-refractivity contribution >= 4 is 17.5 Å². The van der Waals surface area contributed by atoms with Crippen LogP contribution in [0, 0.1) is 19.8 Å². The molecule has 0 saturated carbocycles. The minimum absolute atomic E-state index is 0.0303. The van der Waals surface area contributed by atoms with Crippen LogP contribution in [0.1, 0.15) is 47.9 Å². The molecule has 0 aliphatic carbocycles. The van der Waals surface area contributed by atoms with Gasteiger partial charge in [-0.3, -0.25) is 14.5 Å². The number of carbonyl (C=O) groups is 2. The average molecular weight is 369 g/mol. The first-order valence-corrected chi connectivity index (χ1v) is 9.57. The summed E-state index contributed by atoms with van der Waals surface area (Å²) < 4.78 is 5.00. The minimum atomic E-state index is -0.225. The summed E-state index contributed by atoms with van der Waals surface area (Å²) in [6.45, 7) is 7.29. The lowest BCUT2D eigenvalue weighted by Gasteiger charge is -2.35. The largest absolute Gasteiger partial charge is 0.360 e. The molecule has 1 atom stereocenters. The van der Waals surface area contributed by atoms with Crippen molar-refractivity contribution in [2.45, 2.75) is 46.1 Å². The fourth-order valence-electron chi connectivity index (χ4n) is 3.67. The number of anilines is 1. The van der Waals surface area contributed by atoms with Crippen molar-refractivity contribution in [3.63, 3.8) is 0 Å². The number of nitrogens with one attached hydrogen (secondary N) is 1. The zero-order valence-corrected chi connectivity index (χ0v) is 16.2. The zero-order valence-electron chi connectivity index (χ0n) is 16.2. The highest BCUT2D eigenvalue weighted by molar-refractivity contribution is 5.98. The molecule has 1 aliphatic heterocycles. The second-order valence-electron chi connectivity index (χ2n) is 7.28. The van der Waals surface area contributed by atoms with Crippen LogP contribution in [0.3, 0.4) is 0 Å². The van der Waals surface area contributed by atoms with Crippen molar-refractivity contribution in [2.24, 2.45) is 5.92 Å². The van der Waals surface area contributed by atoms with E-state index in [0.29, 0.717) is 18.0 Å². The molecule has 0 bridgehead atoms. The third-order valence-electron chi connectivity index (χ3n) is 5.25. The number of nitrogens with zero attached hydrogens (tertiary/aromatic N) is 2. The Bertz CT molecular complexity index is 789. The van der Waals surface area contributed by atoms with E-state index in [9.17, 15) is 9.59 Å². The summed E-state index contributed by atoms with van der Waals surface area (Å²) in [6, 6.07) is 9.25. The maximum Gasteiger partial charge on any atom is 0.242 e. The third kappa shape index (κ3) is 4.63. The number of rotatable bonds is 6. The first kappa shape index (κ1) is 19.3. The SMILES string of the molecule is CC[C@H](C(=O)Nc1cc(C)on1)N1CCC(C(=O)c2ccc(C)cc2)CC1. The standard InChI is InChI=1S/C21H27N3O3/c1-4-18(21(26)22-19-13-15(3)27-23-19)24-11-9-17(10-12-24)20(25)16-7-5-14(2)6-8-16/h5-8,13,17-18H,4,9-12H2,1-3H3,(H,22,23,26)/t18-/m1/s1. The molecule has 0 radical (unpaired) electrons. The molecule has 0 spiro atoms. The van der Waals surface area contributed by atoms with Gasteiger partial charge in [0, 0.05) is 17.5 Å². The molecule has 1 amide bonds. The van der Waals surface area contributed by atoms with Crippen LogP contribution in [0.15, 0.2) is 34.9 Å². The third-order valence-corrected chi connectivity index (χ3v) is 5.25. The van der Waals surface area contributed by atoms with Crippen LogP contribution in [-0.2, 0) is 4.79 Å². The molecule has 1 aromatic heterocycles. The van der Waals surface area contributed by atoms with Gasteiger partial charge in [-0.05, 0) is 46.2 Å². The Labute approximate surface area is 159 Å². The predicted molar refractivity (Wildman–Crippen MR) is 104 cm³/mol. The van der Waals surface area contributed by atoms with E-state index in [2.05, 4.69) is 15.4 Å². The number of Topliss-reactive ketones (excluding diaryl/α,β-unsaturated/α-hetero) is 1. The summed E-state index contributed by atoms with van der Waals surface area (Å²) in [5, 5.41) is 6.65. The van der Waals surface area contributed by atoms with Gasteiger partial charge in [0.2, 0.25) is 5.91 Å². The van der Waals surface area contributed by atoms with E-state index in [4.69, 9.17) is 4.52 Å². The predicted octanol–water partition coefficient (Wildman–Crippen LogP) is 3.60. The average Bonchev–Trinajstić information content (AvgIpc) is 3.07. The van der Waals surface area contributed by atoms with Gasteiger partial charge in [-0.2, -0.15) is 0 Å². The normalized spacial score (nSPS) is 16.9. The number of amides is 1. The van der Waals surface area contributed by atoms with Gasteiger partial charge in [-0.25, -0.2) is 0 Å². The summed E-state index contributed by atoms with van der Waals surface area (Å²) in [5.74, 6) is 1.27. The maximum atomic E-state index is 12.7. The van der Waals surface area contributed by atoms with E-state index in [-0.39, 0.29) is 23.7 Å². The Kier molecular flexibility index (Phi) is 6.06. The van der Waals surface area contributed by atoms with Crippen molar-refractivity contribution in [2.75, 3.05) is 18.4 Å². The smallest absolute Gasteiger partial charge is 0.242 e. The molecule has 6 nitrogen and oxygen atoms in total. The van der Waals surface area contributed by atoms with Gasteiger partial charge in [0.25, 0.3) is 0 Å². The number of likely N-dealkylation sites (tertiary alicyclic amines) is 1.